The van der Waals surface area contributed by atoms with Crippen LogP contribution in [-0.2, 0) is 17.9 Å². The van der Waals surface area contributed by atoms with Gasteiger partial charge in [-0.2, -0.15) is 0 Å². The minimum Gasteiger partial charge on any atom is -0.358 e. The Labute approximate surface area is 187 Å². The zero-order valence-electron chi connectivity index (χ0n) is 18.4. The molecule has 0 bridgehead atoms. The summed E-state index contributed by atoms with van der Waals surface area (Å²) in [6.07, 6.45) is 39.3. The van der Waals surface area contributed by atoms with Crippen molar-refractivity contribution in [3.8, 4) is 0 Å². The molecule has 0 spiro atoms. The Balaban J connectivity index is 0. The fourth-order valence-corrected chi connectivity index (χ4v) is 3.05. The van der Waals surface area contributed by atoms with Crippen molar-refractivity contribution in [3.63, 3.8) is 0 Å². The molecular weight excluding hydrogens is 425 g/mol. The molecule has 0 unspecified atom stereocenters. The summed E-state index contributed by atoms with van der Waals surface area (Å²) < 4.78 is 2.18. The van der Waals surface area contributed by atoms with Gasteiger partial charge in [0.1, 0.15) is 0 Å². The predicted molar refractivity (Wildman–Crippen MR) is 128 cm³/mol. The minimum absolute atomic E-state index is 0. The van der Waals surface area contributed by atoms with E-state index < -0.39 is 0 Å². The van der Waals surface area contributed by atoms with Crippen LogP contribution in [0.5, 0.6) is 0 Å². The number of hydrogen-bond acceptors (Lipinski definition) is 0. The van der Waals surface area contributed by atoms with Gasteiger partial charge in [0.05, 0.1) is 0 Å². The molecular formula is C27H45Ru. The molecule has 0 aliphatic heterocycles. The Hall–Kier alpha value is -0.807. The molecule has 0 radical (unpaired) electrons. The van der Waals surface area contributed by atoms with Crippen molar-refractivity contribution in [1.82, 2.24) is 0 Å². The van der Waals surface area contributed by atoms with Crippen LogP contribution in [0.3, 0.4) is 0 Å². The Morgan fingerprint density at radius 2 is 0.679 bits per heavy atom. The average Bonchev–Trinajstić information content (AvgIpc) is 2.68. The first-order valence-electron chi connectivity index (χ1n) is 11.0. The monoisotopic (exact) mass is 471 g/mol. The van der Waals surface area contributed by atoms with Crippen molar-refractivity contribution in [2.45, 2.75) is 96.3 Å². The predicted octanol–water partition coefficient (Wildman–Crippen LogP) is 9.05. The SMILES string of the molecule is C=CCCC/C=C/CCC/C=C/CCC/C=C/CCC/C=C/CCC[CH]=[Ru+].[CH3-]. The zero-order valence-corrected chi connectivity index (χ0v) is 20.2. The Bertz CT molecular complexity index is 386. The van der Waals surface area contributed by atoms with Crippen molar-refractivity contribution in [2.75, 3.05) is 0 Å². The molecule has 0 fully saturated rings. The van der Waals surface area contributed by atoms with Crippen LogP contribution in [0, 0.1) is 7.43 Å². The molecule has 1 heteroatoms. The van der Waals surface area contributed by atoms with Gasteiger partial charge in [0.15, 0.2) is 0 Å². The van der Waals surface area contributed by atoms with Crippen molar-refractivity contribution in [3.05, 3.63) is 68.7 Å². The second-order valence-corrected chi connectivity index (χ2v) is 7.68. The summed E-state index contributed by atoms with van der Waals surface area (Å²) >= 11 is 2.59. The van der Waals surface area contributed by atoms with Gasteiger partial charge in [-0.3, -0.25) is 0 Å². The molecule has 0 aliphatic rings. The first-order chi connectivity index (χ1) is 13.4. The number of allylic oxidation sites excluding steroid dienone is 9. The van der Waals surface area contributed by atoms with E-state index in [1.807, 2.05) is 6.08 Å². The maximum atomic E-state index is 3.75. The van der Waals surface area contributed by atoms with Crippen LogP contribution in [0.25, 0.3) is 0 Å². The van der Waals surface area contributed by atoms with Crippen LogP contribution in [0.2, 0.25) is 0 Å². The molecule has 0 aliphatic carbocycles. The molecule has 0 N–H and O–H groups in total. The van der Waals surface area contributed by atoms with E-state index in [2.05, 4.69) is 77.6 Å². The molecule has 0 aromatic heterocycles. The third kappa shape index (κ3) is 27.4. The van der Waals surface area contributed by atoms with Gasteiger partial charge < -0.3 is 7.43 Å². The molecule has 0 heterocycles. The molecule has 0 aromatic carbocycles. The quantitative estimate of drug-likeness (QED) is 0.0720. The fourth-order valence-electron chi connectivity index (χ4n) is 2.69. The second-order valence-electron chi connectivity index (χ2n) is 6.97. The van der Waals surface area contributed by atoms with E-state index in [1.165, 1.54) is 89.9 Å². The Morgan fingerprint density at radius 3 is 0.929 bits per heavy atom. The molecule has 0 nitrogen and oxygen atoms in total. The Kier molecular flexibility index (Phi) is 29.8. The summed E-state index contributed by atoms with van der Waals surface area (Å²) in [4.78, 5) is 0. The van der Waals surface area contributed by atoms with Crippen LogP contribution in [0.4, 0.5) is 0 Å². The summed E-state index contributed by atoms with van der Waals surface area (Å²) in [5.41, 5.74) is 0. The van der Waals surface area contributed by atoms with E-state index in [4.69, 9.17) is 0 Å². The topological polar surface area (TPSA) is 0 Å². The summed E-state index contributed by atoms with van der Waals surface area (Å²) in [5, 5.41) is 0. The van der Waals surface area contributed by atoms with E-state index in [9.17, 15) is 0 Å². The van der Waals surface area contributed by atoms with Gasteiger partial charge in [0.2, 0.25) is 0 Å². The van der Waals surface area contributed by atoms with E-state index in [1.54, 1.807) is 0 Å². The van der Waals surface area contributed by atoms with Crippen LogP contribution in [0.1, 0.15) is 96.3 Å². The largest absolute Gasteiger partial charge is 0.358 e. The zero-order chi connectivity index (χ0) is 19.7. The average molecular weight is 471 g/mol. The molecule has 0 amide bonds. The van der Waals surface area contributed by atoms with Crippen molar-refractivity contribution in [2.24, 2.45) is 0 Å². The van der Waals surface area contributed by atoms with Crippen molar-refractivity contribution >= 4 is 4.61 Å². The van der Waals surface area contributed by atoms with Gasteiger partial charge in [-0.25, -0.2) is 0 Å². The van der Waals surface area contributed by atoms with Crippen molar-refractivity contribution < 1.29 is 17.9 Å². The normalized spacial score (nSPS) is 11.7. The fraction of sp³-hybridized carbons (Fsp3) is 0.556. The third-order valence-electron chi connectivity index (χ3n) is 4.35. The van der Waals surface area contributed by atoms with Gasteiger partial charge in [-0.1, -0.05) is 30.4 Å². The van der Waals surface area contributed by atoms with Gasteiger partial charge in [-0.15, -0.1) is 6.58 Å². The molecule has 161 valence electrons. The smallest absolute Gasteiger partial charge is 0.358 e. The summed E-state index contributed by atoms with van der Waals surface area (Å²) in [7, 11) is 0. The van der Waals surface area contributed by atoms with E-state index in [0.29, 0.717) is 0 Å². The van der Waals surface area contributed by atoms with Crippen LogP contribution in [0.15, 0.2) is 61.3 Å². The summed E-state index contributed by atoms with van der Waals surface area (Å²) in [6.45, 7) is 3.75. The van der Waals surface area contributed by atoms with Gasteiger partial charge in [0.25, 0.3) is 0 Å². The minimum atomic E-state index is 0. The van der Waals surface area contributed by atoms with E-state index in [0.717, 1.165) is 6.42 Å². The van der Waals surface area contributed by atoms with Gasteiger partial charge in [-0.05, 0) is 51.4 Å². The van der Waals surface area contributed by atoms with Crippen LogP contribution in [-0.4, -0.2) is 4.61 Å². The first kappa shape index (κ1) is 29.4. The molecule has 0 saturated carbocycles. The van der Waals surface area contributed by atoms with E-state index >= 15 is 0 Å². The summed E-state index contributed by atoms with van der Waals surface area (Å²) in [6, 6.07) is 0. The molecule has 28 heavy (non-hydrogen) atoms. The van der Waals surface area contributed by atoms with E-state index in [-0.39, 0.29) is 7.43 Å². The maximum Gasteiger partial charge on any atom is -0.358 e. The molecule has 0 saturated heterocycles. The maximum absolute atomic E-state index is 3.75. The number of unbranched alkanes of at least 4 members (excludes halogenated alkanes) is 10. The summed E-state index contributed by atoms with van der Waals surface area (Å²) in [5.74, 6) is 0. The van der Waals surface area contributed by atoms with Crippen molar-refractivity contribution in [1.29, 1.82) is 0 Å². The third-order valence-corrected chi connectivity index (χ3v) is 4.85. The van der Waals surface area contributed by atoms with Crippen LogP contribution < -0.4 is 0 Å². The standard InChI is InChI=1S/C26H42.CH3.Ru/c1-3-5-7-9-11-13-15-17-19-21-23-25-26-24-22-20-18-16-14-12-10-8-6-4-2;;/h1,4,9,11-12,14,19,21-22,24H,2-3,5-8,10,13,15-18,20,23,25-26H2;1H3;/q;-1;+1/b11-9+,14-12+,21-19+,24-22+;;. The molecule has 0 rings (SSSR count). The molecule has 0 atom stereocenters. The second kappa shape index (κ2) is 28.4. The van der Waals surface area contributed by atoms with Crippen LogP contribution >= 0.6 is 0 Å². The van der Waals surface area contributed by atoms with Gasteiger partial charge in [0, 0.05) is 0 Å². The Morgan fingerprint density at radius 1 is 0.429 bits per heavy atom. The number of hydrogen-bond donors (Lipinski definition) is 0. The molecule has 0 aromatic rings. The van der Waals surface area contributed by atoms with Gasteiger partial charge >= 0.3 is 91.7 Å². The first-order valence-corrected chi connectivity index (χ1v) is 12.0. The number of rotatable bonds is 20.